The lowest BCUT2D eigenvalue weighted by Crippen LogP contribution is -2.28. The molecular weight excluding hydrogens is 382 g/mol. The molecule has 0 aliphatic carbocycles. The van der Waals surface area contributed by atoms with Crippen molar-refractivity contribution in [1.29, 1.82) is 0 Å². The van der Waals surface area contributed by atoms with Crippen LogP contribution in [0.3, 0.4) is 0 Å². The Kier molecular flexibility index (Phi) is 4.68. The number of amides is 1. The summed E-state index contributed by atoms with van der Waals surface area (Å²) in [6.07, 6.45) is 1.46. The Labute approximate surface area is 143 Å². The maximum atomic E-state index is 11.9. The predicted octanol–water partition coefficient (Wildman–Crippen LogP) is 1.76. The molecule has 2 heterocycles. The molecular formula is C14H12BrN5O2S. The first-order chi connectivity index (χ1) is 11.1. The molecule has 0 aliphatic heterocycles. The van der Waals surface area contributed by atoms with Crippen molar-refractivity contribution in [3.63, 3.8) is 0 Å². The van der Waals surface area contributed by atoms with Gasteiger partial charge in [0.05, 0.1) is 0 Å². The third kappa shape index (κ3) is 3.74. The summed E-state index contributed by atoms with van der Waals surface area (Å²) < 4.78 is 2.17. The molecule has 0 atom stereocenters. The minimum Gasteiger partial charge on any atom is -0.358 e. The molecule has 3 aromatic rings. The van der Waals surface area contributed by atoms with Crippen LogP contribution in [-0.4, -0.2) is 33.6 Å². The van der Waals surface area contributed by atoms with Gasteiger partial charge in [-0.05, 0) is 24.3 Å². The van der Waals surface area contributed by atoms with Gasteiger partial charge in [-0.3, -0.25) is 9.59 Å². The average molecular weight is 394 g/mol. The fourth-order valence-electron chi connectivity index (χ4n) is 1.86. The smallest absolute Gasteiger partial charge is 0.275 e. The second-order valence-corrected chi connectivity index (χ2v) is 6.45. The van der Waals surface area contributed by atoms with Gasteiger partial charge in [-0.15, -0.1) is 5.10 Å². The number of halogens is 1. The lowest BCUT2D eigenvalue weighted by Gasteiger charge is -2.05. The highest BCUT2D eigenvalue weighted by molar-refractivity contribution is 9.10. The summed E-state index contributed by atoms with van der Waals surface area (Å²) in [6.45, 7) is 0.935. The van der Waals surface area contributed by atoms with Crippen LogP contribution in [0.15, 0.2) is 45.8 Å². The van der Waals surface area contributed by atoms with Crippen molar-refractivity contribution in [2.24, 2.45) is 0 Å². The van der Waals surface area contributed by atoms with Crippen molar-refractivity contribution >= 4 is 43.3 Å². The van der Waals surface area contributed by atoms with Crippen LogP contribution in [0.4, 0.5) is 5.13 Å². The molecule has 0 saturated carbocycles. The maximum Gasteiger partial charge on any atom is 0.275 e. The van der Waals surface area contributed by atoms with Crippen LogP contribution in [0.1, 0.15) is 10.4 Å². The molecule has 1 aromatic carbocycles. The van der Waals surface area contributed by atoms with Crippen LogP contribution in [0, 0.1) is 0 Å². The van der Waals surface area contributed by atoms with E-state index in [0.29, 0.717) is 28.7 Å². The number of nitrogens with zero attached hydrogens (tertiary/aromatic N) is 3. The largest absolute Gasteiger partial charge is 0.358 e. The highest BCUT2D eigenvalue weighted by atomic mass is 79.9. The molecule has 23 heavy (non-hydrogen) atoms. The number of hydrogen-bond donors (Lipinski definition) is 2. The molecule has 0 saturated heterocycles. The van der Waals surface area contributed by atoms with Crippen molar-refractivity contribution in [3.8, 4) is 0 Å². The Morgan fingerprint density at radius 2 is 2.00 bits per heavy atom. The minimum atomic E-state index is -0.220. The van der Waals surface area contributed by atoms with Crippen molar-refractivity contribution in [3.05, 3.63) is 56.9 Å². The average Bonchev–Trinajstić information content (AvgIpc) is 2.96. The van der Waals surface area contributed by atoms with Gasteiger partial charge in [0, 0.05) is 35.4 Å². The molecule has 9 heteroatoms. The molecule has 2 aromatic heterocycles. The van der Waals surface area contributed by atoms with Gasteiger partial charge in [0.2, 0.25) is 10.1 Å². The summed E-state index contributed by atoms with van der Waals surface area (Å²) in [5, 5.41) is 10.6. The first-order valence-corrected chi connectivity index (χ1v) is 8.37. The summed E-state index contributed by atoms with van der Waals surface area (Å²) in [4.78, 5) is 28.1. The lowest BCUT2D eigenvalue weighted by atomic mass is 10.2. The Morgan fingerprint density at radius 1 is 1.22 bits per heavy atom. The van der Waals surface area contributed by atoms with E-state index in [0.717, 1.165) is 4.47 Å². The molecule has 0 radical (unpaired) electrons. The van der Waals surface area contributed by atoms with Crippen LogP contribution in [-0.2, 0) is 0 Å². The minimum absolute atomic E-state index is 0.138. The molecule has 7 nitrogen and oxygen atoms in total. The van der Waals surface area contributed by atoms with Gasteiger partial charge in [-0.1, -0.05) is 27.3 Å². The number of nitrogens with one attached hydrogen (secondary N) is 2. The number of carbonyl (C=O) groups excluding carboxylic acids is 1. The van der Waals surface area contributed by atoms with Crippen molar-refractivity contribution in [2.45, 2.75) is 0 Å². The van der Waals surface area contributed by atoms with Gasteiger partial charge in [-0.25, -0.2) is 4.98 Å². The van der Waals surface area contributed by atoms with E-state index in [1.54, 1.807) is 12.1 Å². The zero-order valence-corrected chi connectivity index (χ0v) is 14.2. The van der Waals surface area contributed by atoms with E-state index < -0.39 is 0 Å². The molecule has 1 amide bonds. The summed E-state index contributed by atoms with van der Waals surface area (Å²) >= 11 is 4.61. The van der Waals surface area contributed by atoms with Gasteiger partial charge < -0.3 is 10.6 Å². The summed E-state index contributed by atoms with van der Waals surface area (Å²) in [7, 11) is 0. The van der Waals surface area contributed by atoms with Gasteiger partial charge in [0.1, 0.15) is 0 Å². The highest BCUT2D eigenvalue weighted by Crippen LogP contribution is 2.15. The number of aromatic nitrogens is 3. The summed E-state index contributed by atoms with van der Waals surface area (Å²) in [6, 6.07) is 8.49. The topological polar surface area (TPSA) is 88.4 Å². The predicted molar refractivity (Wildman–Crippen MR) is 92.1 cm³/mol. The van der Waals surface area contributed by atoms with Crippen LogP contribution in [0.5, 0.6) is 0 Å². The highest BCUT2D eigenvalue weighted by Gasteiger charge is 2.06. The molecule has 3 rings (SSSR count). The Hall–Kier alpha value is -2.26. The third-order valence-electron chi connectivity index (χ3n) is 2.96. The van der Waals surface area contributed by atoms with E-state index in [4.69, 9.17) is 0 Å². The molecule has 0 bridgehead atoms. The Morgan fingerprint density at radius 3 is 2.74 bits per heavy atom. The summed E-state index contributed by atoms with van der Waals surface area (Å²) in [5.41, 5.74) is 0.381. The van der Waals surface area contributed by atoms with E-state index in [9.17, 15) is 9.59 Å². The molecule has 0 unspecified atom stereocenters. The van der Waals surface area contributed by atoms with Crippen LogP contribution >= 0.6 is 27.3 Å². The zero-order chi connectivity index (χ0) is 16.2. The van der Waals surface area contributed by atoms with Crippen molar-refractivity contribution in [2.75, 3.05) is 18.4 Å². The van der Waals surface area contributed by atoms with Gasteiger partial charge >= 0.3 is 0 Å². The zero-order valence-electron chi connectivity index (χ0n) is 11.8. The number of fused-ring (bicyclic) bond motifs is 1. The molecule has 118 valence electrons. The number of anilines is 1. The van der Waals surface area contributed by atoms with Gasteiger partial charge in [0.15, 0.2) is 0 Å². The van der Waals surface area contributed by atoms with Gasteiger partial charge in [0.25, 0.3) is 11.5 Å². The maximum absolute atomic E-state index is 11.9. The van der Waals surface area contributed by atoms with E-state index in [1.807, 2.05) is 12.1 Å². The second-order valence-electron chi connectivity index (χ2n) is 4.57. The Balaban J connectivity index is 1.52. The molecule has 0 spiro atoms. The first kappa shape index (κ1) is 15.6. The number of benzene rings is 1. The third-order valence-corrected chi connectivity index (χ3v) is 4.37. The molecule has 0 fully saturated rings. The van der Waals surface area contributed by atoms with E-state index in [2.05, 4.69) is 36.6 Å². The van der Waals surface area contributed by atoms with Crippen LogP contribution < -0.4 is 16.2 Å². The number of rotatable bonds is 5. The second kappa shape index (κ2) is 6.88. The van der Waals surface area contributed by atoms with Crippen molar-refractivity contribution < 1.29 is 4.79 Å². The van der Waals surface area contributed by atoms with Crippen molar-refractivity contribution in [1.82, 2.24) is 19.9 Å². The monoisotopic (exact) mass is 393 g/mol. The fraction of sp³-hybridized carbons (Fsp3) is 0.143. The van der Waals surface area contributed by atoms with Crippen LogP contribution in [0.25, 0.3) is 4.96 Å². The standard InChI is InChI=1S/C14H12BrN5O2S/c15-10-3-1-9(2-4-10)12(22)16-7-8-17-13-19-20-11(21)5-6-18-14(20)23-13/h1-6H,7-8H2,(H,16,22)(H,17,19). The number of carbonyl (C=O) groups is 1. The number of hydrogen-bond acceptors (Lipinski definition) is 6. The van der Waals surface area contributed by atoms with E-state index in [-0.39, 0.29) is 11.5 Å². The Bertz CT molecular complexity index is 890. The molecule has 0 aliphatic rings. The molecule has 2 N–H and O–H groups in total. The summed E-state index contributed by atoms with van der Waals surface area (Å²) in [5.74, 6) is -0.138. The first-order valence-electron chi connectivity index (χ1n) is 6.76. The van der Waals surface area contributed by atoms with Crippen LogP contribution in [0.2, 0.25) is 0 Å². The van der Waals surface area contributed by atoms with E-state index in [1.165, 1.54) is 28.1 Å². The van der Waals surface area contributed by atoms with Gasteiger partial charge in [-0.2, -0.15) is 4.52 Å². The fourth-order valence-corrected chi connectivity index (χ4v) is 2.93. The SMILES string of the molecule is O=C(NCCNc1nn2c(=O)ccnc2s1)c1ccc(Br)cc1. The lowest BCUT2D eigenvalue weighted by molar-refractivity contribution is 0.0955. The van der Waals surface area contributed by atoms with E-state index >= 15 is 0 Å². The normalized spacial score (nSPS) is 10.7. The quantitative estimate of drug-likeness (QED) is 0.644.